The third-order valence-electron chi connectivity index (χ3n) is 5.55. The minimum atomic E-state index is -3.06. The van der Waals surface area contributed by atoms with E-state index in [2.05, 4.69) is 63.3 Å². The number of halogens is 3. The fourth-order valence-corrected chi connectivity index (χ4v) is 4.67. The van der Waals surface area contributed by atoms with Gasteiger partial charge in [-0.05, 0) is 64.8 Å². The summed E-state index contributed by atoms with van der Waals surface area (Å²) in [6.45, 7) is 5.35. The van der Waals surface area contributed by atoms with Crippen molar-refractivity contribution in [1.29, 1.82) is 0 Å². The Morgan fingerprint density at radius 1 is 1.06 bits per heavy atom. The first-order valence-electron chi connectivity index (χ1n) is 11.5. The van der Waals surface area contributed by atoms with Gasteiger partial charge in [-0.25, -0.2) is 9.37 Å². The van der Waals surface area contributed by atoms with Crippen molar-refractivity contribution < 1.29 is 22.6 Å². The van der Waals surface area contributed by atoms with Gasteiger partial charge >= 0.3 is 6.61 Å². The summed E-state index contributed by atoms with van der Waals surface area (Å²) in [6.07, 6.45) is 5.62. The monoisotopic (exact) mass is 502 g/mol. The van der Waals surface area contributed by atoms with E-state index in [4.69, 9.17) is 4.74 Å². The molecule has 0 amide bonds. The summed E-state index contributed by atoms with van der Waals surface area (Å²) in [4.78, 5) is 12.2. The molecular formula is C25H29F3N6O2. The second-order valence-corrected chi connectivity index (χ2v) is 9.99. The molecule has 8 nitrogen and oxygen atoms in total. The highest BCUT2D eigenvalue weighted by Gasteiger charge is 2.38. The highest BCUT2D eigenvalue weighted by Crippen LogP contribution is 2.36. The molecule has 1 aliphatic heterocycles. The van der Waals surface area contributed by atoms with Crippen LogP contribution in [-0.4, -0.2) is 38.7 Å². The molecule has 3 heterocycles. The van der Waals surface area contributed by atoms with Crippen molar-refractivity contribution in [3.05, 3.63) is 54.7 Å². The molecule has 0 aliphatic carbocycles. The lowest BCUT2D eigenvalue weighted by molar-refractivity contribution is -0.0509. The molecule has 1 fully saturated rings. The number of rotatable bonds is 8. The van der Waals surface area contributed by atoms with Crippen LogP contribution in [0.4, 0.5) is 30.6 Å². The lowest BCUT2D eigenvalue weighted by atomic mass is 9.79. The summed E-state index contributed by atoms with van der Waals surface area (Å²) >= 11 is 0. The molecule has 0 radical (unpaired) electrons. The van der Waals surface area contributed by atoms with Gasteiger partial charge < -0.3 is 25.4 Å². The number of hydrogen-bond acceptors (Lipinski definition) is 8. The zero-order valence-corrected chi connectivity index (χ0v) is 20.5. The predicted molar refractivity (Wildman–Crippen MR) is 131 cm³/mol. The average Bonchev–Trinajstić information content (AvgIpc) is 2.76. The molecule has 36 heavy (non-hydrogen) atoms. The number of piperidine rings is 1. The number of pyridine rings is 1. The average molecular weight is 503 g/mol. The van der Waals surface area contributed by atoms with E-state index in [9.17, 15) is 13.2 Å². The number of nitrogens with one attached hydrogen (secondary N) is 3. The van der Waals surface area contributed by atoms with E-state index in [0.717, 1.165) is 19.0 Å². The van der Waals surface area contributed by atoms with Gasteiger partial charge in [0.05, 0.1) is 12.4 Å². The smallest absolute Gasteiger partial charge is 0.387 e. The van der Waals surface area contributed by atoms with Gasteiger partial charge in [0.25, 0.3) is 0 Å². The van der Waals surface area contributed by atoms with Crippen molar-refractivity contribution >= 4 is 17.5 Å². The quantitative estimate of drug-likeness (QED) is 0.352. The SMILES string of the molecule is CC1(C)CC(Nc2nc(Nc3ccc(Oc4cccnc4)c(OC(F)F)c3)ncc2F)CC(C)(C)N1. The molecule has 4 rings (SSSR count). The molecule has 192 valence electrons. The molecule has 11 heteroatoms. The maximum Gasteiger partial charge on any atom is 0.387 e. The zero-order valence-electron chi connectivity index (χ0n) is 20.5. The summed E-state index contributed by atoms with van der Waals surface area (Å²) in [5, 5.41) is 9.70. The zero-order chi connectivity index (χ0) is 25.9. The molecule has 3 N–H and O–H groups in total. The van der Waals surface area contributed by atoms with Crippen LogP contribution >= 0.6 is 0 Å². The van der Waals surface area contributed by atoms with E-state index >= 15 is 0 Å². The number of hydrogen-bond donors (Lipinski definition) is 3. The molecule has 1 aromatic carbocycles. The molecule has 3 aromatic rings. The Hall–Kier alpha value is -3.60. The van der Waals surface area contributed by atoms with Gasteiger partial charge in [0.2, 0.25) is 5.95 Å². The molecule has 0 saturated carbocycles. The molecule has 2 aromatic heterocycles. The minimum absolute atomic E-state index is 0.0107. The van der Waals surface area contributed by atoms with Gasteiger partial charge in [0, 0.05) is 35.1 Å². The third kappa shape index (κ3) is 6.75. The standard InChI is InChI=1S/C25H29F3N6O2/c1-24(2)11-16(12-25(3,4)34-24)31-21-18(26)14-30-23(33-21)32-15-7-8-19(20(10-15)36-22(27)28)35-17-6-5-9-29-13-17/h5-10,13-14,16,22,34H,11-12H2,1-4H3,(H2,30,31,32,33). The van der Waals surface area contributed by atoms with E-state index in [1.807, 2.05) is 0 Å². The van der Waals surface area contributed by atoms with Crippen molar-refractivity contribution in [2.45, 2.75) is 64.3 Å². The number of anilines is 3. The van der Waals surface area contributed by atoms with Crippen molar-refractivity contribution in [2.75, 3.05) is 10.6 Å². The van der Waals surface area contributed by atoms with Crippen LogP contribution in [0.2, 0.25) is 0 Å². The largest absolute Gasteiger partial charge is 0.452 e. The highest BCUT2D eigenvalue weighted by atomic mass is 19.3. The van der Waals surface area contributed by atoms with Crippen LogP contribution in [0.3, 0.4) is 0 Å². The van der Waals surface area contributed by atoms with Gasteiger partial charge in [-0.15, -0.1) is 0 Å². The van der Waals surface area contributed by atoms with E-state index in [-0.39, 0.29) is 40.4 Å². The Balaban J connectivity index is 1.53. The number of benzene rings is 1. The summed E-state index contributed by atoms with van der Waals surface area (Å²) in [6, 6.07) is 7.66. The Morgan fingerprint density at radius 3 is 2.47 bits per heavy atom. The minimum Gasteiger partial charge on any atom is -0.452 e. The summed E-state index contributed by atoms with van der Waals surface area (Å²) < 4.78 is 50.9. The van der Waals surface area contributed by atoms with Crippen molar-refractivity contribution in [1.82, 2.24) is 20.3 Å². The first kappa shape index (κ1) is 25.5. The van der Waals surface area contributed by atoms with Gasteiger partial charge in [0.15, 0.2) is 23.1 Å². The second-order valence-electron chi connectivity index (χ2n) is 9.99. The fourth-order valence-electron chi connectivity index (χ4n) is 4.67. The Morgan fingerprint density at radius 2 is 1.81 bits per heavy atom. The molecule has 0 atom stereocenters. The topological polar surface area (TPSA) is 93.2 Å². The number of ether oxygens (including phenoxy) is 2. The van der Waals surface area contributed by atoms with Gasteiger partial charge in [-0.3, -0.25) is 4.98 Å². The first-order chi connectivity index (χ1) is 17.0. The van der Waals surface area contributed by atoms with Crippen LogP contribution in [0.15, 0.2) is 48.9 Å². The molecular weight excluding hydrogens is 473 g/mol. The molecule has 0 bridgehead atoms. The van der Waals surface area contributed by atoms with E-state index in [1.165, 1.54) is 18.3 Å². The molecule has 0 spiro atoms. The van der Waals surface area contributed by atoms with Crippen LogP contribution < -0.4 is 25.4 Å². The van der Waals surface area contributed by atoms with Crippen molar-refractivity contribution in [3.63, 3.8) is 0 Å². The van der Waals surface area contributed by atoms with Gasteiger partial charge in [-0.1, -0.05) is 0 Å². The van der Waals surface area contributed by atoms with Crippen LogP contribution in [0, 0.1) is 5.82 Å². The summed E-state index contributed by atoms with van der Waals surface area (Å²) in [7, 11) is 0. The highest BCUT2D eigenvalue weighted by molar-refractivity contribution is 5.61. The number of aromatic nitrogens is 3. The van der Waals surface area contributed by atoms with Crippen molar-refractivity contribution in [3.8, 4) is 17.2 Å². The Labute approximate surface area is 207 Å². The third-order valence-corrected chi connectivity index (χ3v) is 5.55. The molecule has 1 saturated heterocycles. The first-order valence-corrected chi connectivity index (χ1v) is 11.5. The normalized spacial score (nSPS) is 17.0. The molecule has 1 aliphatic rings. The maximum atomic E-state index is 14.6. The van der Waals surface area contributed by atoms with E-state index in [0.29, 0.717) is 11.4 Å². The Kier molecular flexibility index (Phi) is 7.21. The number of alkyl halides is 2. The predicted octanol–water partition coefficient (Wildman–Crippen LogP) is 5.87. The maximum absolute atomic E-state index is 14.6. The van der Waals surface area contributed by atoms with Crippen LogP contribution in [0.25, 0.3) is 0 Å². The van der Waals surface area contributed by atoms with Crippen molar-refractivity contribution in [2.24, 2.45) is 0 Å². The van der Waals surface area contributed by atoms with Crippen LogP contribution in [0.1, 0.15) is 40.5 Å². The van der Waals surface area contributed by atoms with Crippen LogP contribution in [-0.2, 0) is 0 Å². The lowest BCUT2D eigenvalue weighted by Crippen LogP contribution is -2.60. The van der Waals surface area contributed by atoms with E-state index in [1.54, 1.807) is 24.4 Å². The molecule has 0 unspecified atom stereocenters. The van der Waals surface area contributed by atoms with Gasteiger partial charge in [0.1, 0.15) is 5.75 Å². The lowest BCUT2D eigenvalue weighted by Gasteiger charge is -2.46. The van der Waals surface area contributed by atoms with E-state index < -0.39 is 12.4 Å². The van der Waals surface area contributed by atoms with Gasteiger partial charge in [-0.2, -0.15) is 13.8 Å². The number of nitrogens with zero attached hydrogens (tertiary/aromatic N) is 3. The summed E-state index contributed by atoms with van der Waals surface area (Å²) in [5.74, 6) is -0.191. The Bertz CT molecular complexity index is 1180. The summed E-state index contributed by atoms with van der Waals surface area (Å²) in [5.41, 5.74) is 0.0843. The van der Waals surface area contributed by atoms with Crippen LogP contribution in [0.5, 0.6) is 17.2 Å². The fraction of sp³-hybridized carbons (Fsp3) is 0.400. The second kappa shape index (κ2) is 10.2.